The molecule has 2 N–H and O–H groups in total. The van der Waals surface area contributed by atoms with Gasteiger partial charge in [-0.15, -0.1) is 0 Å². The number of fused-ring (bicyclic) bond motifs is 2. The second kappa shape index (κ2) is 11.2. The van der Waals surface area contributed by atoms with Crippen molar-refractivity contribution < 1.29 is 19.0 Å². The van der Waals surface area contributed by atoms with Crippen LogP contribution in [0.3, 0.4) is 0 Å². The summed E-state index contributed by atoms with van der Waals surface area (Å²) in [5.74, 6) is 3.31. The van der Waals surface area contributed by atoms with E-state index in [1.165, 1.54) is 11.1 Å². The third-order valence-electron chi connectivity index (χ3n) is 8.82. The highest BCUT2D eigenvalue weighted by molar-refractivity contribution is 5.91. The first-order valence-corrected chi connectivity index (χ1v) is 14.7. The number of ether oxygens (including phenoxy) is 3. The predicted molar refractivity (Wildman–Crippen MR) is 161 cm³/mol. The summed E-state index contributed by atoms with van der Waals surface area (Å²) in [6.45, 7) is 5.97. The molecule has 2 aromatic heterocycles. The first-order chi connectivity index (χ1) is 20.5. The largest absolute Gasteiger partial charge is 0.497 e. The minimum Gasteiger partial charge on any atom is -0.497 e. The van der Waals surface area contributed by atoms with E-state index in [4.69, 9.17) is 14.2 Å². The second-order valence-corrected chi connectivity index (χ2v) is 11.4. The van der Waals surface area contributed by atoms with Gasteiger partial charge < -0.3 is 34.3 Å². The molecule has 1 unspecified atom stereocenters. The van der Waals surface area contributed by atoms with Crippen molar-refractivity contribution in [2.24, 2.45) is 0 Å². The molecule has 2 aromatic carbocycles. The Balaban J connectivity index is 1.00. The van der Waals surface area contributed by atoms with Crippen molar-refractivity contribution >= 4 is 28.4 Å². The third-order valence-corrected chi connectivity index (χ3v) is 8.82. The monoisotopic (exact) mass is 568 g/mol. The number of benzene rings is 2. The number of H-pyrrole nitrogens is 1. The number of nitrogens with one attached hydrogen (secondary N) is 2. The molecule has 2 amide bonds. The zero-order chi connectivity index (χ0) is 28.6. The highest BCUT2D eigenvalue weighted by Crippen LogP contribution is 2.34. The molecule has 0 saturated carbocycles. The standard InChI is InChI=1S/C32H36N6O4/c1-20-13-25(15-29-26(20)16-28(35-29)22-8-12-41-18-22)42-31-17-30(33-19-34-31)37-9-6-23(7-10-37)38-11-5-21-14-24(40-2)3-4-27(21)36-32(38)39/h3-4,13-17,19,22-23,35H,5-12,18H2,1-2H3,(H,36,39). The molecule has 0 bridgehead atoms. The van der Waals surface area contributed by atoms with Crippen LogP contribution in [-0.2, 0) is 11.2 Å². The van der Waals surface area contributed by atoms with E-state index in [0.717, 1.165) is 91.6 Å². The fraction of sp³-hybridized carbons (Fsp3) is 0.406. The molecule has 4 aromatic rings. The van der Waals surface area contributed by atoms with Crippen molar-refractivity contribution in [3.63, 3.8) is 0 Å². The Hall–Kier alpha value is -4.31. The number of urea groups is 1. The molecular formula is C32H36N6O4. The van der Waals surface area contributed by atoms with Gasteiger partial charge >= 0.3 is 6.03 Å². The summed E-state index contributed by atoms with van der Waals surface area (Å²) in [5, 5.41) is 4.30. The zero-order valence-corrected chi connectivity index (χ0v) is 24.1. The maximum atomic E-state index is 13.1. The second-order valence-electron chi connectivity index (χ2n) is 11.4. The molecule has 2 saturated heterocycles. The number of anilines is 2. The van der Waals surface area contributed by atoms with Crippen LogP contribution in [0.1, 0.15) is 42.0 Å². The van der Waals surface area contributed by atoms with Crippen molar-refractivity contribution in [2.45, 2.75) is 44.6 Å². The van der Waals surface area contributed by atoms with Gasteiger partial charge in [-0.25, -0.2) is 14.8 Å². The van der Waals surface area contributed by atoms with Gasteiger partial charge in [-0.05, 0) is 74.1 Å². The number of piperidine rings is 1. The Kier molecular flexibility index (Phi) is 7.07. The lowest BCUT2D eigenvalue weighted by atomic mass is 10.0. The first kappa shape index (κ1) is 26.6. The minimum absolute atomic E-state index is 0.0342. The normalized spacial score (nSPS) is 19.5. The summed E-state index contributed by atoms with van der Waals surface area (Å²) in [6, 6.07) is 14.2. The van der Waals surface area contributed by atoms with Crippen LogP contribution in [0, 0.1) is 6.92 Å². The highest BCUT2D eigenvalue weighted by atomic mass is 16.5. The summed E-state index contributed by atoms with van der Waals surface area (Å²) >= 11 is 0. The molecule has 5 heterocycles. The van der Waals surface area contributed by atoms with Gasteiger partial charge in [-0.2, -0.15) is 0 Å². The summed E-state index contributed by atoms with van der Waals surface area (Å²) in [4.78, 5) is 29.8. The molecule has 3 aliphatic heterocycles. The van der Waals surface area contributed by atoms with E-state index < -0.39 is 0 Å². The van der Waals surface area contributed by atoms with Crippen LogP contribution in [0.4, 0.5) is 16.3 Å². The van der Waals surface area contributed by atoms with Gasteiger partial charge in [-0.3, -0.25) is 0 Å². The Morgan fingerprint density at radius 3 is 2.69 bits per heavy atom. The SMILES string of the molecule is COc1ccc2c(c1)CCN(C1CCN(c3cc(Oc4cc(C)c5cc(C6CCOC6)[nH]c5c4)ncn3)CC1)C(=O)N2. The van der Waals surface area contributed by atoms with Gasteiger partial charge in [0.2, 0.25) is 5.88 Å². The Morgan fingerprint density at radius 2 is 1.88 bits per heavy atom. The van der Waals surface area contributed by atoms with Crippen molar-refractivity contribution in [1.29, 1.82) is 0 Å². The van der Waals surface area contributed by atoms with Crippen LogP contribution in [0.15, 0.2) is 48.8 Å². The lowest BCUT2D eigenvalue weighted by molar-refractivity contribution is 0.177. The summed E-state index contributed by atoms with van der Waals surface area (Å²) < 4.78 is 17.2. The quantitative estimate of drug-likeness (QED) is 0.311. The molecule has 2 fully saturated rings. The lowest BCUT2D eigenvalue weighted by Gasteiger charge is -2.38. The molecule has 1 atom stereocenters. The number of methoxy groups -OCH3 is 1. The number of nitrogens with zero attached hydrogens (tertiary/aromatic N) is 4. The lowest BCUT2D eigenvalue weighted by Crippen LogP contribution is -2.49. The third kappa shape index (κ3) is 5.22. The van der Waals surface area contributed by atoms with Crippen molar-refractivity contribution in [3.05, 3.63) is 65.6 Å². The van der Waals surface area contributed by atoms with Crippen molar-refractivity contribution in [1.82, 2.24) is 19.9 Å². The van der Waals surface area contributed by atoms with Gasteiger partial charge in [0.05, 0.1) is 13.7 Å². The maximum Gasteiger partial charge on any atom is 0.322 e. The van der Waals surface area contributed by atoms with Crippen LogP contribution < -0.4 is 19.7 Å². The molecule has 7 rings (SSSR count). The fourth-order valence-corrected chi connectivity index (χ4v) is 6.46. The molecule has 42 heavy (non-hydrogen) atoms. The Bertz CT molecular complexity index is 1610. The van der Waals surface area contributed by atoms with E-state index in [0.29, 0.717) is 18.3 Å². The van der Waals surface area contributed by atoms with Gasteiger partial charge in [0.1, 0.15) is 23.6 Å². The Morgan fingerprint density at radius 1 is 1.00 bits per heavy atom. The van der Waals surface area contributed by atoms with Crippen LogP contribution in [0.25, 0.3) is 10.9 Å². The summed E-state index contributed by atoms with van der Waals surface area (Å²) in [5.41, 5.74) is 5.40. The van der Waals surface area contributed by atoms with E-state index in [2.05, 4.69) is 44.2 Å². The average Bonchev–Trinajstić information content (AvgIpc) is 3.66. The summed E-state index contributed by atoms with van der Waals surface area (Å²) in [7, 11) is 1.66. The first-order valence-electron chi connectivity index (χ1n) is 14.7. The number of aromatic nitrogens is 3. The number of hydrogen-bond donors (Lipinski definition) is 2. The highest BCUT2D eigenvalue weighted by Gasteiger charge is 2.31. The van der Waals surface area contributed by atoms with Crippen LogP contribution in [-0.4, -0.2) is 71.9 Å². The van der Waals surface area contributed by atoms with E-state index >= 15 is 0 Å². The minimum atomic E-state index is -0.0342. The fourth-order valence-electron chi connectivity index (χ4n) is 6.46. The van der Waals surface area contributed by atoms with Crippen molar-refractivity contribution in [3.8, 4) is 17.4 Å². The Labute approximate surface area is 245 Å². The van der Waals surface area contributed by atoms with Crippen molar-refractivity contribution in [2.75, 3.05) is 50.2 Å². The number of carbonyl (C=O) groups is 1. The van der Waals surface area contributed by atoms with Gasteiger partial charge in [-0.1, -0.05) is 0 Å². The number of amides is 2. The van der Waals surface area contributed by atoms with E-state index in [-0.39, 0.29) is 12.1 Å². The average molecular weight is 569 g/mol. The number of hydrogen-bond acceptors (Lipinski definition) is 7. The maximum absolute atomic E-state index is 13.1. The van der Waals surface area contributed by atoms with E-state index in [1.54, 1.807) is 13.4 Å². The molecule has 10 nitrogen and oxygen atoms in total. The number of aryl methyl sites for hydroxylation is 1. The molecule has 0 radical (unpaired) electrons. The van der Waals surface area contributed by atoms with Crippen LogP contribution >= 0.6 is 0 Å². The number of carbonyl (C=O) groups excluding carboxylic acids is 1. The van der Waals surface area contributed by atoms with Gasteiger partial charge in [0.15, 0.2) is 0 Å². The molecule has 218 valence electrons. The number of rotatable bonds is 6. The van der Waals surface area contributed by atoms with E-state index in [9.17, 15) is 4.79 Å². The van der Waals surface area contributed by atoms with Gasteiger partial charge in [0, 0.05) is 72.6 Å². The summed E-state index contributed by atoms with van der Waals surface area (Å²) in [6.07, 6.45) is 5.13. The topological polar surface area (TPSA) is 105 Å². The molecule has 0 aliphatic carbocycles. The van der Waals surface area contributed by atoms with Crippen LogP contribution in [0.2, 0.25) is 0 Å². The molecular weight excluding hydrogens is 532 g/mol. The predicted octanol–water partition coefficient (Wildman–Crippen LogP) is 5.63. The van der Waals surface area contributed by atoms with E-state index in [1.807, 2.05) is 35.2 Å². The molecule has 0 spiro atoms. The van der Waals surface area contributed by atoms with Crippen LogP contribution in [0.5, 0.6) is 17.4 Å². The zero-order valence-electron chi connectivity index (χ0n) is 24.1. The number of aromatic amines is 1. The smallest absolute Gasteiger partial charge is 0.322 e. The molecule has 3 aliphatic rings. The van der Waals surface area contributed by atoms with Gasteiger partial charge in [0.25, 0.3) is 0 Å². The molecule has 10 heteroatoms.